The molecule has 2 N–H and O–H groups in total. The Kier molecular flexibility index (Phi) is 4.62. The van der Waals surface area contributed by atoms with E-state index in [0.29, 0.717) is 30.8 Å². The average Bonchev–Trinajstić information content (AvgIpc) is 3.13. The van der Waals surface area contributed by atoms with Crippen LogP contribution in [-0.4, -0.2) is 29.9 Å². The molecule has 0 heterocycles. The highest BCUT2D eigenvalue weighted by Crippen LogP contribution is 2.20. The summed E-state index contributed by atoms with van der Waals surface area (Å²) in [4.78, 5) is 0. The van der Waals surface area contributed by atoms with Crippen LogP contribution in [0.1, 0.15) is 25.3 Å². The van der Waals surface area contributed by atoms with Crippen molar-refractivity contribution in [2.24, 2.45) is 0 Å². The first-order valence-corrected chi connectivity index (χ1v) is 6.71. The van der Waals surface area contributed by atoms with Gasteiger partial charge in [-0.25, -0.2) is 0 Å². The molecule has 1 fully saturated rings. The molecule has 1 aliphatic rings. The van der Waals surface area contributed by atoms with E-state index in [-0.39, 0.29) is 0 Å². The normalized spacial score (nSPS) is 18.6. The average molecular weight is 270 g/mol. The van der Waals surface area contributed by atoms with Crippen molar-refractivity contribution >= 4 is 11.6 Å². The van der Waals surface area contributed by atoms with Gasteiger partial charge in [0.05, 0.1) is 18.8 Å². The minimum absolute atomic E-state index is 0.304. The summed E-state index contributed by atoms with van der Waals surface area (Å²) in [5.41, 5.74) is 0.120. The maximum atomic E-state index is 10.1. The summed E-state index contributed by atoms with van der Waals surface area (Å²) < 4.78 is 5.54. The molecule has 100 valence electrons. The van der Waals surface area contributed by atoms with Gasteiger partial charge in [-0.05, 0) is 31.4 Å². The van der Waals surface area contributed by atoms with Crippen LogP contribution >= 0.6 is 11.6 Å². The van der Waals surface area contributed by atoms with Crippen LogP contribution in [0.4, 0.5) is 0 Å². The molecule has 1 saturated carbocycles. The molecule has 1 aromatic carbocycles. The van der Waals surface area contributed by atoms with Crippen LogP contribution < -0.4 is 5.32 Å². The van der Waals surface area contributed by atoms with Crippen molar-refractivity contribution < 1.29 is 9.84 Å². The monoisotopic (exact) mass is 269 g/mol. The zero-order chi connectivity index (χ0) is 13.0. The molecule has 1 atom stereocenters. The van der Waals surface area contributed by atoms with Crippen molar-refractivity contribution in [3.8, 4) is 0 Å². The van der Waals surface area contributed by atoms with Gasteiger partial charge >= 0.3 is 0 Å². The Hall–Kier alpha value is -0.610. The van der Waals surface area contributed by atoms with Crippen LogP contribution in [0.2, 0.25) is 5.02 Å². The minimum atomic E-state index is -0.830. The smallest absolute Gasteiger partial charge is 0.0975 e. The van der Waals surface area contributed by atoms with Crippen LogP contribution in [0, 0.1) is 0 Å². The van der Waals surface area contributed by atoms with Gasteiger partial charge < -0.3 is 15.2 Å². The summed E-state index contributed by atoms with van der Waals surface area (Å²) in [6.07, 6.45) is 2.44. The van der Waals surface area contributed by atoms with Crippen LogP contribution in [0.5, 0.6) is 0 Å². The number of rotatable bonds is 7. The lowest BCUT2D eigenvalue weighted by molar-refractivity contribution is -0.0381. The van der Waals surface area contributed by atoms with E-state index in [2.05, 4.69) is 5.32 Å². The highest BCUT2D eigenvalue weighted by molar-refractivity contribution is 6.31. The van der Waals surface area contributed by atoms with Crippen molar-refractivity contribution in [3.05, 3.63) is 34.9 Å². The predicted molar refractivity (Wildman–Crippen MR) is 72.8 cm³/mol. The summed E-state index contributed by atoms with van der Waals surface area (Å²) in [6, 6.07) is 8.19. The molecule has 0 aliphatic heterocycles. The molecule has 0 radical (unpaired) electrons. The van der Waals surface area contributed by atoms with Gasteiger partial charge in [-0.1, -0.05) is 29.8 Å². The summed E-state index contributed by atoms with van der Waals surface area (Å²) >= 11 is 6.03. The number of ether oxygens (including phenoxy) is 1. The fourth-order valence-electron chi connectivity index (χ4n) is 1.70. The van der Waals surface area contributed by atoms with Gasteiger partial charge in [0, 0.05) is 17.6 Å². The lowest BCUT2D eigenvalue weighted by Crippen LogP contribution is -2.42. The van der Waals surface area contributed by atoms with Crippen molar-refractivity contribution in [1.82, 2.24) is 5.32 Å². The van der Waals surface area contributed by atoms with E-state index in [1.165, 1.54) is 12.8 Å². The third-order valence-electron chi connectivity index (χ3n) is 2.98. The maximum absolute atomic E-state index is 10.1. The van der Waals surface area contributed by atoms with E-state index in [1.54, 1.807) is 6.92 Å². The molecule has 0 saturated heterocycles. The Labute approximate surface area is 113 Å². The predicted octanol–water partition coefficient (Wildman–Crippen LogP) is 2.36. The second-order valence-corrected chi connectivity index (χ2v) is 5.64. The summed E-state index contributed by atoms with van der Waals surface area (Å²) in [7, 11) is 0. The third kappa shape index (κ3) is 4.58. The molecule has 1 aromatic rings. The Morgan fingerprint density at radius 1 is 1.44 bits per heavy atom. The number of hydrogen-bond acceptors (Lipinski definition) is 3. The molecule has 0 amide bonds. The molecule has 2 rings (SSSR count). The van der Waals surface area contributed by atoms with E-state index in [1.807, 2.05) is 24.3 Å². The molecule has 0 bridgehead atoms. The van der Waals surface area contributed by atoms with Gasteiger partial charge in [-0.15, -0.1) is 0 Å². The number of aliphatic hydroxyl groups is 1. The third-order valence-corrected chi connectivity index (χ3v) is 3.35. The molecule has 1 aliphatic carbocycles. The second-order valence-electron chi connectivity index (χ2n) is 5.24. The molecular formula is C14H20ClNO2. The fraction of sp³-hybridized carbons (Fsp3) is 0.571. The van der Waals surface area contributed by atoms with Gasteiger partial charge in [0.1, 0.15) is 0 Å². The number of benzene rings is 1. The van der Waals surface area contributed by atoms with E-state index in [9.17, 15) is 5.11 Å². The molecule has 1 unspecified atom stereocenters. The first-order valence-electron chi connectivity index (χ1n) is 6.34. The quantitative estimate of drug-likeness (QED) is 0.799. The fourth-order valence-corrected chi connectivity index (χ4v) is 1.89. The SMILES string of the molecule is CC(O)(CNC1CC1)COCc1ccccc1Cl. The zero-order valence-corrected chi connectivity index (χ0v) is 11.4. The molecule has 18 heavy (non-hydrogen) atoms. The van der Waals surface area contributed by atoms with E-state index < -0.39 is 5.60 Å². The number of hydrogen-bond donors (Lipinski definition) is 2. The lowest BCUT2D eigenvalue weighted by Gasteiger charge is -2.23. The maximum Gasteiger partial charge on any atom is 0.0975 e. The molecule has 4 heteroatoms. The largest absolute Gasteiger partial charge is 0.386 e. The van der Waals surface area contributed by atoms with Gasteiger partial charge in [-0.3, -0.25) is 0 Å². The number of halogens is 1. The highest BCUT2D eigenvalue weighted by Gasteiger charge is 2.26. The van der Waals surface area contributed by atoms with Gasteiger partial charge in [-0.2, -0.15) is 0 Å². The van der Waals surface area contributed by atoms with Gasteiger partial charge in [0.2, 0.25) is 0 Å². The van der Waals surface area contributed by atoms with Gasteiger partial charge in [0.25, 0.3) is 0 Å². The molecule has 3 nitrogen and oxygen atoms in total. The Balaban J connectivity index is 1.71. The van der Waals surface area contributed by atoms with Crippen molar-refractivity contribution in [1.29, 1.82) is 0 Å². The Morgan fingerprint density at radius 2 is 2.17 bits per heavy atom. The first-order chi connectivity index (χ1) is 8.57. The lowest BCUT2D eigenvalue weighted by atomic mass is 10.1. The van der Waals surface area contributed by atoms with E-state index in [0.717, 1.165) is 5.56 Å². The van der Waals surface area contributed by atoms with Crippen molar-refractivity contribution in [2.75, 3.05) is 13.2 Å². The standard InChI is InChI=1S/C14H20ClNO2/c1-14(17,9-16-12-6-7-12)10-18-8-11-4-2-3-5-13(11)15/h2-5,12,16-17H,6-10H2,1H3. The van der Waals surface area contributed by atoms with Crippen molar-refractivity contribution in [3.63, 3.8) is 0 Å². The van der Waals surface area contributed by atoms with Crippen LogP contribution in [0.15, 0.2) is 24.3 Å². The zero-order valence-electron chi connectivity index (χ0n) is 10.7. The van der Waals surface area contributed by atoms with Gasteiger partial charge in [0.15, 0.2) is 0 Å². The first kappa shape index (κ1) is 13.8. The highest BCUT2D eigenvalue weighted by atomic mass is 35.5. The van der Waals surface area contributed by atoms with E-state index in [4.69, 9.17) is 16.3 Å². The number of nitrogens with one attached hydrogen (secondary N) is 1. The topological polar surface area (TPSA) is 41.5 Å². The Bertz CT molecular complexity index is 391. The van der Waals surface area contributed by atoms with Crippen LogP contribution in [-0.2, 0) is 11.3 Å². The minimum Gasteiger partial charge on any atom is -0.386 e. The van der Waals surface area contributed by atoms with Crippen LogP contribution in [0.3, 0.4) is 0 Å². The van der Waals surface area contributed by atoms with Crippen LogP contribution in [0.25, 0.3) is 0 Å². The Morgan fingerprint density at radius 3 is 2.83 bits per heavy atom. The summed E-state index contributed by atoms with van der Waals surface area (Å²) in [5.74, 6) is 0. The molecule has 0 spiro atoms. The second kappa shape index (κ2) is 6.02. The van der Waals surface area contributed by atoms with E-state index >= 15 is 0 Å². The molecule has 0 aromatic heterocycles. The molecular weight excluding hydrogens is 250 g/mol. The summed E-state index contributed by atoms with van der Waals surface area (Å²) in [6.45, 7) is 3.09. The van der Waals surface area contributed by atoms with Crippen molar-refractivity contribution in [2.45, 2.75) is 38.0 Å². The summed E-state index contributed by atoms with van der Waals surface area (Å²) in [5, 5.41) is 14.1.